The largest absolute Gasteiger partial charge is 0.394 e. The van der Waals surface area contributed by atoms with E-state index in [0.29, 0.717) is 0 Å². The molecule has 5 N–H and O–H groups in total. The van der Waals surface area contributed by atoms with Gasteiger partial charge < -0.3 is 25.2 Å². The maximum Gasteiger partial charge on any atom is 0.137 e. The number of aliphatic hydroxyl groups excluding tert-OH is 4. The second kappa shape index (κ2) is 6.27. The first-order chi connectivity index (χ1) is 8.63. The van der Waals surface area contributed by atoms with Gasteiger partial charge >= 0.3 is 0 Å². The Labute approximate surface area is 107 Å². The molecular weight excluding hydrogens is 238 g/mol. The van der Waals surface area contributed by atoms with Gasteiger partial charge in [-0.1, -0.05) is 19.3 Å². The summed E-state index contributed by atoms with van der Waals surface area (Å²) in [6.07, 6.45) is 0.255. The summed E-state index contributed by atoms with van der Waals surface area (Å²) in [4.78, 5) is 0. The fraction of sp³-hybridized carbons (Fsp3) is 1.00. The van der Waals surface area contributed by atoms with Crippen LogP contribution in [0.2, 0.25) is 0 Å². The number of nitrogens with one attached hydrogen (secondary N) is 1. The van der Waals surface area contributed by atoms with E-state index < -0.39 is 30.6 Å². The summed E-state index contributed by atoms with van der Waals surface area (Å²) < 4.78 is 5.41. The standard InChI is InChI=1S/C12H23NO5/c14-6-8-9(15)10(16)11(17)12(18-8)13-7-4-2-1-3-5-7/h7-17H,1-6H2/t8-,9+,10+,11-,12-/m1/s1. The predicted molar refractivity (Wildman–Crippen MR) is 63.8 cm³/mol. The van der Waals surface area contributed by atoms with Crippen molar-refractivity contribution in [2.45, 2.75) is 68.8 Å². The third kappa shape index (κ3) is 3.01. The highest BCUT2D eigenvalue weighted by atomic mass is 16.6. The van der Waals surface area contributed by atoms with Gasteiger partial charge in [-0.3, -0.25) is 5.32 Å². The first-order valence-electron chi connectivity index (χ1n) is 6.70. The lowest BCUT2D eigenvalue weighted by Gasteiger charge is -2.42. The van der Waals surface area contributed by atoms with Gasteiger partial charge in [0.05, 0.1) is 6.61 Å². The number of rotatable bonds is 3. The third-order valence-electron chi connectivity index (χ3n) is 3.90. The first-order valence-corrected chi connectivity index (χ1v) is 6.70. The molecule has 6 nitrogen and oxygen atoms in total. The van der Waals surface area contributed by atoms with Crippen LogP contribution in [-0.4, -0.2) is 63.7 Å². The summed E-state index contributed by atoms with van der Waals surface area (Å²) >= 11 is 0. The molecule has 1 saturated heterocycles. The Morgan fingerprint density at radius 1 is 0.944 bits per heavy atom. The van der Waals surface area contributed by atoms with Crippen LogP contribution in [0.1, 0.15) is 32.1 Å². The Morgan fingerprint density at radius 3 is 2.22 bits per heavy atom. The zero-order valence-corrected chi connectivity index (χ0v) is 10.4. The molecule has 6 heteroatoms. The van der Waals surface area contributed by atoms with Gasteiger partial charge in [0, 0.05) is 6.04 Å². The Kier molecular flexibility index (Phi) is 4.94. The van der Waals surface area contributed by atoms with Crippen molar-refractivity contribution in [3.63, 3.8) is 0 Å². The molecule has 106 valence electrons. The minimum Gasteiger partial charge on any atom is -0.394 e. The molecule has 2 fully saturated rings. The lowest BCUT2D eigenvalue weighted by atomic mass is 9.93. The van der Waals surface area contributed by atoms with E-state index in [1.54, 1.807) is 0 Å². The zero-order chi connectivity index (χ0) is 13.1. The highest BCUT2D eigenvalue weighted by Gasteiger charge is 2.43. The maximum absolute atomic E-state index is 9.87. The Hall–Kier alpha value is -0.240. The number of ether oxygens (including phenoxy) is 1. The van der Waals surface area contributed by atoms with Crippen LogP contribution < -0.4 is 5.32 Å². The molecule has 0 aromatic carbocycles. The molecule has 1 aliphatic carbocycles. The van der Waals surface area contributed by atoms with Crippen molar-refractivity contribution in [3.8, 4) is 0 Å². The first kappa shape index (κ1) is 14.2. The van der Waals surface area contributed by atoms with Crippen molar-refractivity contribution < 1.29 is 25.2 Å². The van der Waals surface area contributed by atoms with E-state index in [1.165, 1.54) is 6.42 Å². The van der Waals surface area contributed by atoms with Crippen molar-refractivity contribution >= 4 is 0 Å². The summed E-state index contributed by atoms with van der Waals surface area (Å²) in [5, 5.41) is 41.4. The zero-order valence-electron chi connectivity index (χ0n) is 10.4. The van der Waals surface area contributed by atoms with Crippen LogP contribution in [0.25, 0.3) is 0 Å². The fourth-order valence-electron chi connectivity index (χ4n) is 2.74. The average molecular weight is 261 g/mol. The summed E-state index contributed by atoms with van der Waals surface area (Å²) in [5.41, 5.74) is 0. The Morgan fingerprint density at radius 2 is 1.61 bits per heavy atom. The third-order valence-corrected chi connectivity index (χ3v) is 3.90. The highest BCUT2D eigenvalue weighted by Crippen LogP contribution is 2.23. The van der Waals surface area contributed by atoms with Crippen LogP contribution in [0, 0.1) is 0 Å². The van der Waals surface area contributed by atoms with Crippen LogP contribution in [0.3, 0.4) is 0 Å². The normalized spacial score (nSPS) is 43.0. The summed E-state index contributed by atoms with van der Waals surface area (Å²) in [7, 11) is 0. The van der Waals surface area contributed by atoms with E-state index in [9.17, 15) is 15.3 Å². The number of hydrogen-bond acceptors (Lipinski definition) is 6. The quantitative estimate of drug-likeness (QED) is 0.433. The molecule has 0 unspecified atom stereocenters. The molecule has 18 heavy (non-hydrogen) atoms. The molecule has 1 aliphatic heterocycles. The van der Waals surface area contributed by atoms with Gasteiger partial charge in [0.2, 0.25) is 0 Å². The smallest absolute Gasteiger partial charge is 0.137 e. The van der Waals surface area contributed by atoms with Crippen molar-refractivity contribution in [2.75, 3.05) is 6.61 Å². The van der Waals surface area contributed by atoms with Crippen molar-refractivity contribution in [1.82, 2.24) is 5.32 Å². The molecule has 2 aliphatic rings. The summed E-state index contributed by atoms with van der Waals surface area (Å²) in [5.74, 6) is 0. The van der Waals surface area contributed by atoms with Crippen LogP contribution in [0.4, 0.5) is 0 Å². The van der Waals surface area contributed by atoms with Crippen molar-refractivity contribution in [3.05, 3.63) is 0 Å². The van der Waals surface area contributed by atoms with E-state index >= 15 is 0 Å². The summed E-state index contributed by atoms with van der Waals surface area (Å²) in [6.45, 7) is -0.381. The van der Waals surface area contributed by atoms with Crippen LogP contribution >= 0.6 is 0 Å². The molecule has 2 rings (SSSR count). The molecule has 0 aromatic rings. The van der Waals surface area contributed by atoms with Crippen molar-refractivity contribution in [1.29, 1.82) is 0 Å². The SMILES string of the molecule is OC[C@H]1O[C@@H](NC2CCCCC2)[C@H](O)[C@@H](O)[C@H]1O. The predicted octanol–water partition coefficient (Wildman–Crippen LogP) is -1.29. The Bertz CT molecular complexity index is 257. The molecule has 0 spiro atoms. The van der Waals surface area contributed by atoms with E-state index in [-0.39, 0.29) is 12.6 Å². The van der Waals surface area contributed by atoms with Crippen LogP contribution in [0.15, 0.2) is 0 Å². The second-order valence-corrected chi connectivity index (χ2v) is 5.25. The minimum absolute atomic E-state index is 0.264. The maximum atomic E-state index is 9.87. The molecule has 0 radical (unpaired) electrons. The van der Waals surface area contributed by atoms with Crippen molar-refractivity contribution in [2.24, 2.45) is 0 Å². The van der Waals surface area contributed by atoms with Gasteiger partial charge in [-0.2, -0.15) is 0 Å². The molecule has 0 bridgehead atoms. The van der Waals surface area contributed by atoms with E-state index in [2.05, 4.69) is 5.32 Å². The second-order valence-electron chi connectivity index (χ2n) is 5.25. The van der Waals surface area contributed by atoms with Gasteiger partial charge in [-0.05, 0) is 12.8 Å². The lowest BCUT2D eigenvalue weighted by molar-refractivity contribution is -0.238. The van der Waals surface area contributed by atoms with E-state index in [1.807, 2.05) is 0 Å². The van der Waals surface area contributed by atoms with Crippen LogP contribution in [0.5, 0.6) is 0 Å². The fourth-order valence-corrected chi connectivity index (χ4v) is 2.74. The monoisotopic (exact) mass is 261 g/mol. The van der Waals surface area contributed by atoms with Gasteiger partial charge in [0.15, 0.2) is 0 Å². The number of hydrogen-bond donors (Lipinski definition) is 5. The highest BCUT2D eigenvalue weighted by molar-refractivity contribution is 4.92. The molecule has 5 atom stereocenters. The average Bonchev–Trinajstić information content (AvgIpc) is 2.40. The van der Waals surface area contributed by atoms with E-state index in [4.69, 9.17) is 9.84 Å². The van der Waals surface area contributed by atoms with Gasteiger partial charge in [0.25, 0.3) is 0 Å². The lowest BCUT2D eigenvalue weighted by Crippen LogP contribution is -2.63. The molecule has 0 aromatic heterocycles. The van der Waals surface area contributed by atoms with Crippen LogP contribution in [-0.2, 0) is 4.74 Å². The molecule has 1 saturated carbocycles. The number of aliphatic hydroxyl groups is 4. The van der Waals surface area contributed by atoms with E-state index in [0.717, 1.165) is 25.7 Å². The van der Waals surface area contributed by atoms with Gasteiger partial charge in [-0.25, -0.2) is 0 Å². The molecule has 1 heterocycles. The van der Waals surface area contributed by atoms with Gasteiger partial charge in [-0.15, -0.1) is 0 Å². The molecular formula is C12H23NO5. The Balaban J connectivity index is 1.93. The molecule has 0 amide bonds. The minimum atomic E-state index is -1.29. The summed E-state index contributed by atoms with van der Waals surface area (Å²) in [6, 6.07) is 0.264. The topological polar surface area (TPSA) is 102 Å². The van der Waals surface area contributed by atoms with Gasteiger partial charge in [0.1, 0.15) is 30.6 Å².